The first-order valence-corrected chi connectivity index (χ1v) is 8.67. The summed E-state index contributed by atoms with van der Waals surface area (Å²) in [6.45, 7) is 3.80. The van der Waals surface area contributed by atoms with E-state index in [-0.39, 0.29) is 24.3 Å². The molecule has 0 atom stereocenters. The number of benzene rings is 1. The number of amides is 2. The maximum absolute atomic E-state index is 12.3. The van der Waals surface area contributed by atoms with E-state index in [1.54, 1.807) is 25.6 Å². The molecule has 3 N–H and O–H groups in total. The van der Waals surface area contributed by atoms with E-state index in [4.69, 9.17) is 4.74 Å². The molecule has 27 heavy (non-hydrogen) atoms. The van der Waals surface area contributed by atoms with Crippen molar-refractivity contribution in [1.29, 1.82) is 0 Å². The van der Waals surface area contributed by atoms with E-state index >= 15 is 0 Å². The van der Waals surface area contributed by atoms with Crippen LogP contribution >= 0.6 is 0 Å². The van der Waals surface area contributed by atoms with Crippen LogP contribution in [0.2, 0.25) is 0 Å². The molecule has 0 radical (unpaired) electrons. The molecule has 0 saturated carbocycles. The molecule has 2 aromatic heterocycles. The summed E-state index contributed by atoms with van der Waals surface area (Å²) in [6.07, 6.45) is 3.42. The number of carbonyl (C=O) groups is 2. The molecule has 3 rings (SSSR count). The average molecular weight is 366 g/mol. The molecule has 0 aliphatic heterocycles. The van der Waals surface area contributed by atoms with Crippen molar-refractivity contribution in [2.45, 2.75) is 26.3 Å². The number of aromatic nitrogens is 2. The molecular weight excluding hydrogens is 344 g/mol. The third-order valence-corrected chi connectivity index (χ3v) is 4.00. The first kappa shape index (κ1) is 18.4. The van der Waals surface area contributed by atoms with Gasteiger partial charge in [0.2, 0.25) is 5.91 Å². The minimum Gasteiger partial charge on any atom is -0.497 e. The van der Waals surface area contributed by atoms with Crippen LogP contribution in [0.1, 0.15) is 29.8 Å². The van der Waals surface area contributed by atoms with E-state index in [0.717, 1.165) is 11.3 Å². The fourth-order valence-electron chi connectivity index (χ4n) is 2.73. The number of rotatable bonds is 6. The summed E-state index contributed by atoms with van der Waals surface area (Å²) < 4.78 is 5.11. The quantitative estimate of drug-likeness (QED) is 0.625. The molecule has 0 fully saturated rings. The van der Waals surface area contributed by atoms with Crippen LogP contribution in [0, 0.1) is 0 Å². The maximum atomic E-state index is 12.3. The number of aromatic amines is 1. The number of nitrogens with one attached hydrogen (secondary N) is 3. The lowest BCUT2D eigenvalue weighted by Gasteiger charge is -2.08. The van der Waals surface area contributed by atoms with Gasteiger partial charge in [-0.2, -0.15) is 0 Å². The molecule has 2 amide bonds. The summed E-state index contributed by atoms with van der Waals surface area (Å²) in [5.41, 5.74) is 2.51. The number of ether oxygens (including phenoxy) is 1. The summed E-state index contributed by atoms with van der Waals surface area (Å²) in [6, 6.07) is 9.11. The molecule has 7 nitrogen and oxygen atoms in total. The van der Waals surface area contributed by atoms with Gasteiger partial charge >= 0.3 is 0 Å². The Bertz CT molecular complexity index is 961. The van der Waals surface area contributed by atoms with Crippen LogP contribution < -0.4 is 15.4 Å². The predicted molar refractivity (Wildman–Crippen MR) is 104 cm³/mol. The predicted octanol–water partition coefficient (Wildman–Crippen LogP) is 2.89. The molecular formula is C20H22N4O3. The van der Waals surface area contributed by atoms with E-state index in [1.807, 2.05) is 38.1 Å². The summed E-state index contributed by atoms with van der Waals surface area (Å²) in [5.74, 6) is 0.401. The molecule has 7 heteroatoms. The molecule has 0 aliphatic carbocycles. The largest absolute Gasteiger partial charge is 0.497 e. The Morgan fingerprint density at radius 2 is 1.96 bits per heavy atom. The van der Waals surface area contributed by atoms with E-state index in [9.17, 15) is 9.59 Å². The monoisotopic (exact) mass is 366 g/mol. The third-order valence-electron chi connectivity index (χ3n) is 4.00. The Balaban J connectivity index is 1.74. The molecule has 0 saturated heterocycles. The zero-order valence-electron chi connectivity index (χ0n) is 15.5. The number of hydrogen-bond acceptors (Lipinski definition) is 4. The molecule has 1 aromatic carbocycles. The standard InChI is InChI=1S/C20H22N4O3/c1-12(2)23-20(26)17-11-22-19-16(17)9-14(10-21-19)24-18(25)8-13-4-6-15(27-3)7-5-13/h4-7,9-12H,8H2,1-3H3,(H,21,22)(H,23,26)(H,24,25). The number of methoxy groups -OCH3 is 1. The molecule has 0 bridgehead atoms. The normalized spacial score (nSPS) is 10.8. The molecule has 140 valence electrons. The summed E-state index contributed by atoms with van der Waals surface area (Å²) >= 11 is 0. The van der Waals surface area contributed by atoms with Crippen molar-refractivity contribution in [2.24, 2.45) is 0 Å². The molecule has 0 unspecified atom stereocenters. The van der Waals surface area contributed by atoms with Gasteiger partial charge < -0.3 is 20.4 Å². The van der Waals surface area contributed by atoms with Gasteiger partial charge in [0.25, 0.3) is 5.91 Å². The fourth-order valence-corrected chi connectivity index (χ4v) is 2.73. The van der Waals surface area contributed by atoms with Crippen molar-refractivity contribution in [2.75, 3.05) is 12.4 Å². The summed E-state index contributed by atoms with van der Waals surface area (Å²) in [5, 5.41) is 6.35. The molecule has 0 aliphatic rings. The van der Waals surface area contributed by atoms with E-state index in [1.165, 1.54) is 0 Å². The number of hydrogen-bond donors (Lipinski definition) is 3. The van der Waals surface area contributed by atoms with Gasteiger partial charge in [-0.05, 0) is 37.6 Å². The molecule has 0 spiro atoms. The zero-order valence-corrected chi connectivity index (χ0v) is 15.5. The van der Waals surface area contributed by atoms with Gasteiger partial charge in [-0.25, -0.2) is 4.98 Å². The van der Waals surface area contributed by atoms with Gasteiger partial charge in [0.15, 0.2) is 0 Å². The SMILES string of the molecule is COc1ccc(CC(=O)Nc2cnc3[nH]cc(C(=O)NC(C)C)c3c2)cc1. The number of carbonyl (C=O) groups excluding carboxylic acids is 2. The highest BCUT2D eigenvalue weighted by Gasteiger charge is 2.14. The van der Waals surface area contributed by atoms with Crippen molar-refractivity contribution in [3.8, 4) is 5.75 Å². The lowest BCUT2D eigenvalue weighted by Crippen LogP contribution is -2.29. The van der Waals surface area contributed by atoms with Crippen molar-refractivity contribution < 1.29 is 14.3 Å². The zero-order chi connectivity index (χ0) is 19.4. The number of anilines is 1. The van der Waals surface area contributed by atoms with Crippen molar-refractivity contribution in [1.82, 2.24) is 15.3 Å². The van der Waals surface area contributed by atoms with E-state index < -0.39 is 0 Å². The van der Waals surface area contributed by atoms with Crippen LogP contribution in [-0.2, 0) is 11.2 Å². The lowest BCUT2D eigenvalue weighted by molar-refractivity contribution is -0.115. The highest BCUT2D eigenvalue weighted by molar-refractivity contribution is 6.07. The highest BCUT2D eigenvalue weighted by Crippen LogP contribution is 2.21. The number of fused-ring (bicyclic) bond motifs is 1. The Hall–Kier alpha value is -3.35. The third kappa shape index (κ3) is 4.44. The van der Waals surface area contributed by atoms with Gasteiger partial charge in [-0.3, -0.25) is 9.59 Å². The van der Waals surface area contributed by atoms with Crippen LogP contribution in [0.5, 0.6) is 5.75 Å². The van der Waals surface area contributed by atoms with Crippen molar-refractivity contribution in [3.05, 3.63) is 53.9 Å². The fraction of sp³-hybridized carbons (Fsp3) is 0.250. The Labute approximate surface area is 157 Å². The van der Waals surface area contributed by atoms with E-state index in [2.05, 4.69) is 20.6 Å². The molecule has 3 aromatic rings. The second-order valence-corrected chi connectivity index (χ2v) is 6.52. The second kappa shape index (κ2) is 7.90. The van der Waals surface area contributed by atoms with Crippen molar-refractivity contribution >= 4 is 28.5 Å². The number of pyridine rings is 1. The number of H-pyrrole nitrogens is 1. The highest BCUT2D eigenvalue weighted by atomic mass is 16.5. The van der Waals surface area contributed by atoms with Gasteiger partial charge in [0.05, 0.1) is 31.0 Å². The smallest absolute Gasteiger partial charge is 0.253 e. The summed E-state index contributed by atoms with van der Waals surface area (Å²) in [4.78, 5) is 31.9. The van der Waals surface area contributed by atoms with Gasteiger partial charge in [-0.1, -0.05) is 12.1 Å². The maximum Gasteiger partial charge on any atom is 0.253 e. The Morgan fingerprint density at radius 3 is 2.63 bits per heavy atom. The Morgan fingerprint density at radius 1 is 1.22 bits per heavy atom. The van der Waals surface area contributed by atoms with Gasteiger partial charge in [0, 0.05) is 17.6 Å². The topological polar surface area (TPSA) is 96.1 Å². The lowest BCUT2D eigenvalue weighted by atomic mass is 10.1. The molecule has 2 heterocycles. The first-order valence-electron chi connectivity index (χ1n) is 8.67. The average Bonchev–Trinajstić information content (AvgIpc) is 3.05. The van der Waals surface area contributed by atoms with Crippen LogP contribution in [0.15, 0.2) is 42.7 Å². The van der Waals surface area contributed by atoms with Gasteiger partial charge in [-0.15, -0.1) is 0 Å². The minimum absolute atomic E-state index is 0.0304. The minimum atomic E-state index is -0.181. The number of nitrogens with zero attached hydrogens (tertiary/aromatic N) is 1. The summed E-state index contributed by atoms with van der Waals surface area (Å²) in [7, 11) is 1.60. The first-order chi connectivity index (χ1) is 13.0. The van der Waals surface area contributed by atoms with Crippen LogP contribution in [0.4, 0.5) is 5.69 Å². The van der Waals surface area contributed by atoms with Gasteiger partial charge in [0.1, 0.15) is 11.4 Å². The van der Waals surface area contributed by atoms with Crippen molar-refractivity contribution in [3.63, 3.8) is 0 Å². The van der Waals surface area contributed by atoms with E-state index in [0.29, 0.717) is 22.3 Å². The second-order valence-electron chi connectivity index (χ2n) is 6.52. The van der Waals surface area contributed by atoms with Crippen LogP contribution in [0.25, 0.3) is 11.0 Å². The Kier molecular flexibility index (Phi) is 5.40. The van der Waals surface area contributed by atoms with Crippen LogP contribution in [-0.4, -0.2) is 34.9 Å². The van der Waals surface area contributed by atoms with Crippen LogP contribution in [0.3, 0.4) is 0 Å².